The monoisotopic (exact) mass is 279 g/mol. The lowest BCUT2D eigenvalue weighted by Gasteiger charge is -2.47. The average molecular weight is 279 g/mol. The lowest BCUT2D eigenvalue weighted by atomic mass is 9.80. The van der Waals surface area contributed by atoms with Crippen LogP contribution < -0.4 is 5.73 Å². The number of nitrogens with zero attached hydrogens (tertiary/aromatic N) is 2. The molecule has 116 valence electrons. The third-order valence-corrected chi connectivity index (χ3v) is 6.25. The number of fused-ring (bicyclic) bond motifs is 1. The minimum absolute atomic E-state index is 0.823. The first-order valence-corrected chi connectivity index (χ1v) is 8.89. The van der Waals surface area contributed by atoms with Gasteiger partial charge in [-0.1, -0.05) is 0 Å². The van der Waals surface area contributed by atoms with Crippen LogP contribution in [0.15, 0.2) is 0 Å². The van der Waals surface area contributed by atoms with Gasteiger partial charge in [-0.2, -0.15) is 0 Å². The Kier molecular flexibility index (Phi) is 5.00. The van der Waals surface area contributed by atoms with E-state index in [0.717, 1.165) is 30.3 Å². The number of nitrogens with two attached hydrogens (primary N) is 1. The fourth-order valence-electron chi connectivity index (χ4n) is 4.91. The molecule has 2 N–H and O–H groups in total. The highest BCUT2D eigenvalue weighted by Crippen LogP contribution is 2.32. The molecule has 0 radical (unpaired) electrons. The van der Waals surface area contributed by atoms with Crippen molar-refractivity contribution in [2.24, 2.45) is 23.5 Å². The molecule has 2 heterocycles. The third kappa shape index (κ3) is 3.37. The molecule has 0 aromatic carbocycles. The Morgan fingerprint density at radius 3 is 2.45 bits per heavy atom. The first kappa shape index (κ1) is 14.8. The number of hydrogen-bond acceptors (Lipinski definition) is 3. The third-order valence-electron chi connectivity index (χ3n) is 6.25. The largest absolute Gasteiger partial charge is 0.330 e. The molecule has 0 spiro atoms. The summed E-state index contributed by atoms with van der Waals surface area (Å²) in [5.41, 5.74) is 5.80. The van der Waals surface area contributed by atoms with Crippen LogP contribution in [0, 0.1) is 17.8 Å². The molecule has 0 amide bonds. The normalized spacial score (nSPS) is 40.5. The zero-order chi connectivity index (χ0) is 13.9. The second-order valence-electron chi connectivity index (χ2n) is 7.62. The predicted octanol–water partition coefficient (Wildman–Crippen LogP) is 2.17. The Morgan fingerprint density at radius 1 is 0.950 bits per heavy atom. The van der Waals surface area contributed by atoms with Gasteiger partial charge in [0.2, 0.25) is 0 Å². The molecule has 3 aliphatic rings. The topological polar surface area (TPSA) is 32.5 Å². The summed E-state index contributed by atoms with van der Waals surface area (Å²) in [7, 11) is 2.33. The van der Waals surface area contributed by atoms with Crippen molar-refractivity contribution in [3.63, 3.8) is 0 Å². The van der Waals surface area contributed by atoms with Crippen LogP contribution in [0.4, 0.5) is 0 Å². The van der Waals surface area contributed by atoms with Gasteiger partial charge in [0.1, 0.15) is 0 Å². The summed E-state index contributed by atoms with van der Waals surface area (Å²) in [6.07, 6.45) is 9.88. The van der Waals surface area contributed by atoms with E-state index < -0.39 is 0 Å². The minimum atomic E-state index is 0.823. The zero-order valence-corrected chi connectivity index (χ0v) is 13.3. The molecule has 1 saturated carbocycles. The van der Waals surface area contributed by atoms with Crippen LogP contribution in [0.5, 0.6) is 0 Å². The predicted molar refractivity (Wildman–Crippen MR) is 84.7 cm³/mol. The van der Waals surface area contributed by atoms with Crippen molar-refractivity contribution in [2.75, 3.05) is 39.8 Å². The second kappa shape index (κ2) is 6.76. The van der Waals surface area contributed by atoms with E-state index >= 15 is 0 Å². The van der Waals surface area contributed by atoms with Crippen molar-refractivity contribution < 1.29 is 0 Å². The Bertz CT molecular complexity index is 299. The maximum atomic E-state index is 5.80. The highest BCUT2D eigenvalue weighted by Gasteiger charge is 2.35. The van der Waals surface area contributed by atoms with E-state index in [9.17, 15) is 0 Å². The van der Waals surface area contributed by atoms with Gasteiger partial charge in [-0.25, -0.2) is 0 Å². The van der Waals surface area contributed by atoms with Gasteiger partial charge in [0.15, 0.2) is 0 Å². The second-order valence-corrected chi connectivity index (χ2v) is 7.62. The van der Waals surface area contributed by atoms with Crippen molar-refractivity contribution in [1.82, 2.24) is 9.80 Å². The van der Waals surface area contributed by atoms with Gasteiger partial charge in [-0.15, -0.1) is 0 Å². The number of likely N-dealkylation sites (tertiary alicyclic amines) is 2. The molecule has 2 aliphatic heterocycles. The average Bonchev–Trinajstić information content (AvgIpc) is 2.48. The molecular formula is C17H33N3. The molecule has 0 aromatic heterocycles. The van der Waals surface area contributed by atoms with Crippen molar-refractivity contribution >= 4 is 0 Å². The maximum absolute atomic E-state index is 5.80. The summed E-state index contributed by atoms with van der Waals surface area (Å²) in [5, 5.41) is 0. The van der Waals surface area contributed by atoms with E-state index in [-0.39, 0.29) is 0 Å². The number of hydrogen-bond donors (Lipinski definition) is 1. The van der Waals surface area contributed by atoms with Crippen LogP contribution in [0.25, 0.3) is 0 Å². The van der Waals surface area contributed by atoms with E-state index in [0.29, 0.717) is 0 Å². The maximum Gasteiger partial charge on any atom is 0.0145 e. The summed E-state index contributed by atoms with van der Waals surface area (Å²) >= 11 is 0. The van der Waals surface area contributed by atoms with E-state index in [2.05, 4.69) is 16.8 Å². The Morgan fingerprint density at radius 2 is 1.70 bits per heavy atom. The van der Waals surface area contributed by atoms with E-state index in [1.165, 1.54) is 71.1 Å². The number of rotatable bonds is 3. The van der Waals surface area contributed by atoms with Gasteiger partial charge in [-0.3, -0.25) is 0 Å². The zero-order valence-electron chi connectivity index (χ0n) is 13.3. The van der Waals surface area contributed by atoms with Gasteiger partial charge in [-0.05, 0) is 89.4 Å². The highest BCUT2D eigenvalue weighted by atomic mass is 15.2. The molecular weight excluding hydrogens is 246 g/mol. The first-order chi connectivity index (χ1) is 9.76. The standard InChI is InChI=1S/C17H33N3/c1-19-9-2-3-16-13-20(10-8-17(16)19)12-15-6-4-14(11-18)5-7-15/h14-17H,2-13,18H2,1H3. The van der Waals surface area contributed by atoms with E-state index in [4.69, 9.17) is 5.73 Å². The van der Waals surface area contributed by atoms with Crippen molar-refractivity contribution in [3.05, 3.63) is 0 Å². The van der Waals surface area contributed by atoms with Crippen LogP contribution in [0.2, 0.25) is 0 Å². The SMILES string of the molecule is CN1CCCC2CN(CC3CCC(CN)CC3)CCC21. The summed E-state index contributed by atoms with van der Waals surface area (Å²) in [5.74, 6) is 2.72. The fraction of sp³-hybridized carbons (Fsp3) is 1.00. The number of piperidine rings is 2. The molecule has 2 unspecified atom stereocenters. The van der Waals surface area contributed by atoms with Crippen LogP contribution in [-0.4, -0.2) is 55.6 Å². The smallest absolute Gasteiger partial charge is 0.0145 e. The fourth-order valence-corrected chi connectivity index (χ4v) is 4.91. The summed E-state index contributed by atoms with van der Waals surface area (Å²) in [6.45, 7) is 6.30. The Balaban J connectivity index is 1.45. The molecule has 2 saturated heterocycles. The molecule has 0 aromatic rings. The molecule has 20 heavy (non-hydrogen) atoms. The molecule has 3 heteroatoms. The van der Waals surface area contributed by atoms with Gasteiger partial charge < -0.3 is 15.5 Å². The van der Waals surface area contributed by atoms with E-state index in [1.54, 1.807) is 0 Å². The van der Waals surface area contributed by atoms with E-state index in [1.807, 2.05) is 0 Å². The van der Waals surface area contributed by atoms with Crippen molar-refractivity contribution in [1.29, 1.82) is 0 Å². The van der Waals surface area contributed by atoms with Gasteiger partial charge in [0.25, 0.3) is 0 Å². The van der Waals surface area contributed by atoms with Crippen molar-refractivity contribution in [3.8, 4) is 0 Å². The Labute approximate surface area is 124 Å². The summed E-state index contributed by atoms with van der Waals surface area (Å²) < 4.78 is 0. The molecule has 1 aliphatic carbocycles. The summed E-state index contributed by atoms with van der Waals surface area (Å²) in [6, 6.07) is 0.882. The molecule has 0 bridgehead atoms. The van der Waals surface area contributed by atoms with Gasteiger partial charge in [0.05, 0.1) is 0 Å². The summed E-state index contributed by atoms with van der Waals surface area (Å²) in [4.78, 5) is 5.41. The van der Waals surface area contributed by atoms with Gasteiger partial charge in [0, 0.05) is 19.1 Å². The molecule has 3 fully saturated rings. The highest BCUT2D eigenvalue weighted by molar-refractivity contribution is 4.90. The van der Waals surface area contributed by atoms with Crippen LogP contribution >= 0.6 is 0 Å². The van der Waals surface area contributed by atoms with Gasteiger partial charge >= 0.3 is 0 Å². The lowest BCUT2D eigenvalue weighted by Crippen LogP contribution is -2.53. The quantitative estimate of drug-likeness (QED) is 0.859. The first-order valence-electron chi connectivity index (χ1n) is 8.89. The van der Waals surface area contributed by atoms with Crippen LogP contribution in [-0.2, 0) is 0 Å². The lowest BCUT2D eigenvalue weighted by molar-refractivity contribution is 0.0287. The van der Waals surface area contributed by atoms with Crippen LogP contribution in [0.1, 0.15) is 44.9 Å². The Hall–Kier alpha value is -0.120. The minimum Gasteiger partial charge on any atom is -0.330 e. The molecule has 3 rings (SSSR count). The van der Waals surface area contributed by atoms with Crippen molar-refractivity contribution in [2.45, 2.75) is 51.0 Å². The molecule has 2 atom stereocenters. The molecule has 3 nitrogen and oxygen atoms in total. The van der Waals surface area contributed by atoms with Crippen LogP contribution in [0.3, 0.4) is 0 Å².